The number of rotatable bonds is 1. The maximum atomic E-state index is 4.41. The highest BCUT2D eigenvalue weighted by atomic mass is 79.9. The summed E-state index contributed by atoms with van der Waals surface area (Å²) in [4.78, 5) is 1.65. The van der Waals surface area contributed by atoms with Gasteiger partial charge in [-0.15, -0.1) is 0 Å². The molecule has 1 heterocycles. The lowest BCUT2D eigenvalue weighted by Gasteiger charge is -2.26. The van der Waals surface area contributed by atoms with Gasteiger partial charge in [-0.25, -0.2) is 0 Å². The van der Waals surface area contributed by atoms with Crippen molar-refractivity contribution >= 4 is 21.6 Å². The molecule has 3 rings (SSSR count). The molecular formula is C9H10BrN3. The van der Waals surface area contributed by atoms with Crippen molar-refractivity contribution in [2.75, 3.05) is 0 Å². The first kappa shape index (κ1) is 7.74. The van der Waals surface area contributed by atoms with Gasteiger partial charge in [-0.3, -0.25) is 0 Å². The SMILES string of the molecule is Brc1cnn(N=C2CC3(CC3)C2)c1. The van der Waals surface area contributed by atoms with Crippen LogP contribution in [0.5, 0.6) is 0 Å². The number of halogens is 1. The topological polar surface area (TPSA) is 30.2 Å². The Hall–Kier alpha value is -0.640. The zero-order valence-electron chi connectivity index (χ0n) is 7.20. The molecule has 0 atom stereocenters. The van der Waals surface area contributed by atoms with Crippen molar-refractivity contribution < 1.29 is 0 Å². The highest BCUT2D eigenvalue weighted by Crippen LogP contribution is 2.59. The van der Waals surface area contributed by atoms with Gasteiger partial charge in [0, 0.05) is 5.71 Å². The summed E-state index contributed by atoms with van der Waals surface area (Å²) in [5.74, 6) is 0. The Morgan fingerprint density at radius 3 is 2.77 bits per heavy atom. The summed E-state index contributed by atoms with van der Waals surface area (Å²) < 4.78 is 0.984. The number of hydrogen-bond donors (Lipinski definition) is 0. The third-order valence-corrected chi connectivity index (χ3v) is 3.31. The molecule has 0 aromatic carbocycles. The van der Waals surface area contributed by atoms with E-state index in [0.717, 1.165) is 4.47 Å². The molecule has 2 fully saturated rings. The second kappa shape index (κ2) is 2.44. The van der Waals surface area contributed by atoms with E-state index in [1.807, 2.05) is 6.20 Å². The lowest BCUT2D eigenvalue weighted by atomic mass is 9.80. The average molecular weight is 240 g/mol. The molecule has 0 bridgehead atoms. The van der Waals surface area contributed by atoms with E-state index in [9.17, 15) is 0 Å². The second-order valence-electron chi connectivity index (χ2n) is 4.10. The van der Waals surface area contributed by atoms with E-state index in [0.29, 0.717) is 5.41 Å². The molecule has 1 aromatic heterocycles. The van der Waals surface area contributed by atoms with Gasteiger partial charge in [-0.05, 0) is 47.0 Å². The van der Waals surface area contributed by atoms with Crippen LogP contribution in [0.3, 0.4) is 0 Å². The van der Waals surface area contributed by atoms with Crippen LogP contribution < -0.4 is 0 Å². The highest BCUT2D eigenvalue weighted by molar-refractivity contribution is 9.10. The molecule has 0 saturated heterocycles. The molecule has 0 N–H and O–H groups in total. The van der Waals surface area contributed by atoms with Crippen LogP contribution in [0.15, 0.2) is 22.0 Å². The molecule has 0 radical (unpaired) electrons. The maximum absolute atomic E-state index is 4.41. The van der Waals surface area contributed by atoms with Crippen LogP contribution in [0.1, 0.15) is 25.7 Å². The lowest BCUT2D eigenvalue weighted by molar-refractivity contribution is 0.473. The third-order valence-electron chi connectivity index (χ3n) is 2.90. The summed E-state index contributed by atoms with van der Waals surface area (Å²) in [6, 6.07) is 0. The Labute approximate surface area is 84.9 Å². The van der Waals surface area contributed by atoms with Crippen LogP contribution in [0.2, 0.25) is 0 Å². The van der Waals surface area contributed by atoms with E-state index in [2.05, 4.69) is 26.1 Å². The Morgan fingerprint density at radius 1 is 1.46 bits per heavy atom. The van der Waals surface area contributed by atoms with Gasteiger partial charge in [0.25, 0.3) is 0 Å². The van der Waals surface area contributed by atoms with Crippen LogP contribution in [0.4, 0.5) is 0 Å². The minimum absolute atomic E-state index is 0.698. The molecule has 1 aromatic rings. The third kappa shape index (κ3) is 1.33. The normalized spacial score (nSPS) is 23.0. The number of aromatic nitrogens is 2. The van der Waals surface area contributed by atoms with Gasteiger partial charge in [0.1, 0.15) is 0 Å². The zero-order valence-corrected chi connectivity index (χ0v) is 8.79. The van der Waals surface area contributed by atoms with Gasteiger partial charge in [0.05, 0.1) is 16.9 Å². The summed E-state index contributed by atoms with van der Waals surface area (Å²) in [5.41, 5.74) is 2.00. The van der Waals surface area contributed by atoms with Crippen LogP contribution in [-0.2, 0) is 0 Å². The fourth-order valence-corrected chi connectivity index (χ4v) is 2.18. The van der Waals surface area contributed by atoms with Crippen molar-refractivity contribution in [3.8, 4) is 0 Å². The summed E-state index contributed by atoms with van der Waals surface area (Å²) >= 11 is 3.34. The standard InChI is InChI=1S/C9H10BrN3/c10-7-5-11-13(6-7)12-8-3-9(4-8)1-2-9/h5-6H,1-4H2. The smallest absolute Gasteiger partial charge is 0.0654 e. The van der Waals surface area contributed by atoms with E-state index < -0.39 is 0 Å². The molecule has 3 nitrogen and oxygen atoms in total. The van der Waals surface area contributed by atoms with E-state index >= 15 is 0 Å². The van der Waals surface area contributed by atoms with Crippen molar-refractivity contribution in [3.63, 3.8) is 0 Å². The monoisotopic (exact) mass is 239 g/mol. The lowest BCUT2D eigenvalue weighted by Crippen LogP contribution is -2.25. The molecule has 0 aliphatic heterocycles. The predicted octanol–water partition coefficient (Wildman–Crippen LogP) is 2.42. The molecule has 2 aliphatic carbocycles. The average Bonchev–Trinajstić information content (AvgIpc) is 2.70. The first-order valence-corrected chi connectivity index (χ1v) is 5.32. The van der Waals surface area contributed by atoms with Gasteiger partial charge < -0.3 is 0 Å². The minimum Gasteiger partial charge on any atom is -0.160 e. The largest absolute Gasteiger partial charge is 0.160 e. The highest BCUT2D eigenvalue weighted by Gasteiger charge is 2.51. The minimum atomic E-state index is 0.698. The summed E-state index contributed by atoms with van der Waals surface area (Å²) in [5, 5.41) is 8.50. The van der Waals surface area contributed by atoms with Crippen LogP contribution in [-0.4, -0.2) is 15.6 Å². The Balaban J connectivity index is 1.75. The zero-order chi connectivity index (χ0) is 8.89. The Morgan fingerprint density at radius 2 is 2.23 bits per heavy atom. The van der Waals surface area contributed by atoms with Gasteiger partial charge in [0.15, 0.2) is 0 Å². The molecule has 2 saturated carbocycles. The van der Waals surface area contributed by atoms with Gasteiger partial charge in [-0.2, -0.15) is 15.0 Å². The van der Waals surface area contributed by atoms with Gasteiger partial charge >= 0.3 is 0 Å². The van der Waals surface area contributed by atoms with Crippen LogP contribution in [0, 0.1) is 5.41 Å². The summed E-state index contributed by atoms with van der Waals surface area (Å²) in [7, 11) is 0. The van der Waals surface area contributed by atoms with Crippen molar-refractivity contribution in [2.45, 2.75) is 25.7 Å². The van der Waals surface area contributed by atoms with E-state index in [1.54, 1.807) is 11.0 Å². The second-order valence-corrected chi connectivity index (χ2v) is 5.01. The summed E-state index contributed by atoms with van der Waals surface area (Å²) in [6.07, 6.45) is 8.86. The van der Waals surface area contributed by atoms with Crippen molar-refractivity contribution in [1.29, 1.82) is 0 Å². The molecule has 13 heavy (non-hydrogen) atoms. The van der Waals surface area contributed by atoms with Crippen molar-refractivity contribution in [3.05, 3.63) is 16.9 Å². The quantitative estimate of drug-likeness (QED) is 0.741. The van der Waals surface area contributed by atoms with Crippen molar-refractivity contribution in [2.24, 2.45) is 10.5 Å². The Kier molecular flexibility index (Phi) is 1.45. The molecule has 0 amide bonds. The first-order chi connectivity index (χ1) is 6.26. The molecule has 0 unspecified atom stereocenters. The number of hydrogen-bond acceptors (Lipinski definition) is 2. The molecular weight excluding hydrogens is 230 g/mol. The Bertz CT molecular complexity index is 366. The number of nitrogens with zero attached hydrogens (tertiary/aromatic N) is 3. The van der Waals surface area contributed by atoms with E-state index in [4.69, 9.17) is 0 Å². The predicted molar refractivity (Wildman–Crippen MR) is 53.7 cm³/mol. The fraction of sp³-hybridized carbons (Fsp3) is 0.556. The van der Waals surface area contributed by atoms with Gasteiger partial charge in [-0.1, -0.05) is 0 Å². The molecule has 2 aliphatic rings. The van der Waals surface area contributed by atoms with Crippen LogP contribution in [0.25, 0.3) is 0 Å². The van der Waals surface area contributed by atoms with Crippen LogP contribution >= 0.6 is 15.9 Å². The fourth-order valence-electron chi connectivity index (χ4n) is 1.91. The van der Waals surface area contributed by atoms with E-state index in [1.165, 1.54) is 31.4 Å². The van der Waals surface area contributed by atoms with E-state index in [-0.39, 0.29) is 0 Å². The summed E-state index contributed by atoms with van der Waals surface area (Å²) in [6.45, 7) is 0. The molecule has 4 heteroatoms. The van der Waals surface area contributed by atoms with Gasteiger partial charge in [0.2, 0.25) is 0 Å². The molecule has 68 valence electrons. The van der Waals surface area contributed by atoms with Crippen molar-refractivity contribution in [1.82, 2.24) is 9.89 Å². The molecule has 1 spiro atoms. The maximum Gasteiger partial charge on any atom is 0.0654 e. The first-order valence-electron chi connectivity index (χ1n) is 4.53.